The van der Waals surface area contributed by atoms with E-state index in [4.69, 9.17) is 5.11 Å². The largest absolute Gasteiger partial charge is 0.480 e. The van der Waals surface area contributed by atoms with E-state index in [0.29, 0.717) is 13.0 Å². The van der Waals surface area contributed by atoms with Gasteiger partial charge in [-0.15, -0.1) is 0 Å². The Bertz CT molecular complexity index is 160. The zero-order valence-corrected chi connectivity index (χ0v) is 7.03. The van der Waals surface area contributed by atoms with Crippen molar-refractivity contribution in [3.8, 4) is 0 Å². The zero-order valence-electron chi connectivity index (χ0n) is 5.24. The van der Waals surface area contributed by atoms with Gasteiger partial charge in [-0.3, -0.25) is 4.79 Å². The number of carboxylic acid groups (broad SMARTS) is 1. The molecule has 0 aromatic rings. The molecule has 3 nitrogen and oxygen atoms in total. The Morgan fingerprint density at radius 2 is 2.30 bits per heavy atom. The minimum absolute atomic E-state index is 0.626. The minimum Gasteiger partial charge on any atom is -0.480 e. The molecule has 0 aromatic heterocycles. The molecule has 0 radical (unpaired) electrons. The van der Waals surface area contributed by atoms with Crippen molar-refractivity contribution in [1.82, 2.24) is 5.32 Å². The van der Waals surface area contributed by atoms with E-state index in [1.165, 1.54) is 0 Å². The first-order valence-electron chi connectivity index (χ1n) is 2.95. The molecule has 0 aliphatic carbocycles. The van der Waals surface area contributed by atoms with Gasteiger partial charge in [0.25, 0.3) is 0 Å². The minimum atomic E-state index is -0.887. The molecule has 1 fully saturated rings. The van der Waals surface area contributed by atoms with Crippen LogP contribution >= 0.6 is 25.3 Å². The number of aliphatic carboxylic acids is 1. The molecule has 0 amide bonds. The Labute approximate surface area is 70.0 Å². The maximum Gasteiger partial charge on any atom is 0.323 e. The molecule has 1 rings (SSSR count). The molecule has 1 aliphatic heterocycles. The first-order valence-corrected chi connectivity index (χ1v) is 3.84. The van der Waals surface area contributed by atoms with E-state index in [2.05, 4.69) is 30.6 Å². The van der Waals surface area contributed by atoms with Crippen LogP contribution in [0.25, 0.3) is 0 Å². The number of thiol groups is 2. The maximum absolute atomic E-state index is 10.5. The lowest BCUT2D eigenvalue weighted by atomic mass is 10.2. The molecule has 0 bridgehead atoms. The van der Waals surface area contributed by atoms with Crippen LogP contribution in [0.4, 0.5) is 0 Å². The highest BCUT2D eigenvalue weighted by atomic mass is 32.2. The van der Waals surface area contributed by atoms with Gasteiger partial charge in [-0.25, -0.2) is 0 Å². The Balaban J connectivity index is 2.68. The third-order valence-electron chi connectivity index (χ3n) is 1.55. The van der Waals surface area contributed by atoms with Crippen molar-refractivity contribution < 1.29 is 9.90 Å². The van der Waals surface area contributed by atoms with Crippen LogP contribution in [-0.2, 0) is 4.79 Å². The third kappa shape index (κ3) is 1.41. The number of rotatable bonds is 1. The Morgan fingerprint density at radius 3 is 2.50 bits per heavy atom. The van der Waals surface area contributed by atoms with E-state index in [1.54, 1.807) is 0 Å². The highest BCUT2D eigenvalue weighted by Gasteiger charge is 2.41. The summed E-state index contributed by atoms with van der Waals surface area (Å²) in [6, 6.07) is -0.626. The predicted molar refractivity (Wildman–Crippen MR) is 44.7 cm³/mol. The van der Waals surface area contributed by atoms with Gasteiger partial charge in [-0.05, 0) is 13.0 Å². The van der Waals surface area contributed by atoms with E-state index >= 15 is 0 Å². The van der Waals surface area contributed by atoms with Crippen LogP contribution in [0.3, 0.4) is 0 Å². The van der Waals surface area contributed by atoms with Crippen molar-refractivity contribution >= 4 is 31.2 Å². The molecule has 0 spiro atoms. The van der Waals surface area contributed by atoms with Crippen LogP contribution in [0.5, 0.6) is 0 Å². The standard InChI is InChI=1S/C5H9NO2S2/c7-4(8)3-5(9,10)1-2-6-3/h3,6,9-10H,1-2H2,(H,7,8)/t3-/m1/s1. The van der Waals surface area contributed by atoms with Gasteiger partial charge in [0.2, 0.25) is 0 Å². The van der Waals surface area contributed by atoms with Crippen LogP contribution in [0.2, 0.25) is 0 Å². The molecule has 1 saturated heterocycles. The van der Waals surface area contributed by atoms with Gasteiger partial charge in [-0.2, -0.15) is 25.3 Å². The average Bonchev–Trinajstić information content (AvgIpc) is 2.08. The summed E-state index contributed by atoms with van der Waals surface area (Å²) < 4.78 is -0.689. The highest BCUT2D eigenvalue weighted by Crippen LogP contribution is 2.32. The van der Waals surface area contributed by atoms with Crippen LogP contribution < -0.4 is 5.32 Å². The van der Waals surface area contributed by atoms with Gasteiger partial charge in [0, 0.05) is 0 Å². The monoisotopic (exact) mass is 179 g/mol. The molecule has 58 valence electrons. The normalized spacial score (nSPS) is 30.4. The summed E-state index contributed by atoms with van der Waals surface area (Å²) in [6.45, 7) is 0.671. The van der Waals surface area contributed by atoms with Crippen molar-refractivity contribution in [2.24, 2.45) is 0 Å². The van der Waals surface area contributed by atoms with Crippen molar-refractivity contribution in [2.75, 3.05) is 6.54 Å². The maximum atomic E-state index is 10.5. The SMILES string of the molecule is O=C(O)[C@H]1NCCC1(S)S. The molecule has 5 heteroatoms. The van der Waals surface area contributed by atoms with Crippen LogP contribution in [0.15, 0.2) is 0 Å². The summed E-state index contributed by atoms with van der Waals surface area (Å²) in [7, 11) is 0. The summed E-state index contributed by atoms with van der Waals surface area (Å²) in [5, 5.41) is 11.4. The zero-order chi connectivity index (χ0) is 7.78. The molecule has 2 N–H and O–H groups in total. The van der Waals surface area contributed by atoms with Crippen molar-refractivity contribution in [2.45, 2.75) is 16.5 Å². The van der Waals surface area contributed by atoms with E-state index in [9.17, 15) is 4.79 Å². The molecule has 0 saturated carbocycles. The Hall–Kier alpha value is 0.130. The average molecular weight is 179 g/mol. The lowest BCUT2D eigenvalue weighted by Crippen LogP contribution is -2.41. The number of carbonyl (C=O) groups is 1. The van der Waals surface area contributed by atoms with E-state index in [-0.39, 0.29) is 0 Å². The second-order valence-corrected chi connectivity index (χ2v) is 4.30. The van der Waals surface area contributed by atoms with Gasteiger partial charge in [0.1, 0.15) is 6.04 Å². The van der Waals surface area contributed by atoms with Gasteiger partial charge in [-0.1, -0.05) is 0 Å². The quantitative estimate of drug-likeness (QED) is 0.338. The summed E-state index contributed by atoms with van der Waals surface area (Å²) >= 11 is 8.21. The number of hydrogen-bond acceptors (Lipinski definition) is 4. The van der Waals surface area contributed by atoms with Crippen LogP contribution in [0.1, 0.15) is 6.42 Å². The van der Waals surface area contributed by atoms with Gasteiger partial charge in [0.15, 0.2) is 0 Å². The first-order chi connectivity index (χ1) is 4.54. The number of nitrogens with one attached hydrogen (secondary N) is 1. The second kappa shape index (κ2) is 2.64. The predicted octanol–water partition coefficient (Wildman–Crippen LogP) is -0.0112. The smallest absolute Gasteiger partial charge is 0.323 e. The molecule has 1 heterocycles. The van der Waals surface area contributed by atoms with Gasteiger partial charge >= 0.3 is 5.97 Å². The van der Waals surface area contributed by atoms with Gasteiger partial charge in [0.05, 0.1) is 4.08 Å². The fourth-order valence-electron chi connectivity index (χ4n) is 0.993. The number of hydrogen-bond donors (Lipinski definition) is 4. The first kappa shape index (κ1) is 8.23. The Morgan fingerprint density at radius 1 is 1.70 bits per heavy atom. The third-order valence-corrected chi connectivity index (χ3v) is 2.51. The molecular weight excluding hydrogens is 170 g/mol. The van der Waals surface area contributed by atoms with Crippen molar-refractivity contribution in [3.63, 3.8) is 0 Å². The van der Waals surface area contributed by atoms with E-state index < -0.39 is 16.1 Å². The molecule has 10 heavy (non-hydrogen) atoms. The summed E-state index contributed by atoms with van der Waals surface area (Å²) in [4.78, 5) is 10.5. The fraction of sp³-hybridized carbons (Fsp3) is 0.800. The van der Waals surface area contributed by atoms with Crippen LogP contribution in [-0.4, -0.2) is 27.7 Å². The van der Waals surface area contributed by atoms with E-state index in [1.807, 2.05) is 0 Å². The highest BCUT2D eigenvalue weighted by molar-refractivity contribution is 8.00. The number of carboxylic acids is 1. The summed E-state index contributed by atoms with van der Waals surface area (Å²) in [6.07, 6.45) is 0.677. The summed E-state index contributed by atoms with van der Waals surface area (Å²) in [5.74, 6) is -0.887. The second-order valence-electron chi connectivity index (χ2n) is 2.35. The lowest BCUT2D eigenvalue weighted by Gasteiger charge is -2.19. The lowest BCUT2D eigenvalue weighted by molar-refractivity contribution is -0.139. The Kier molecular flexibility index (Phi) is 2.17. The summed E-state index contributed by atoms with van der Waals surface area (Å²) in [5.41, 5.74) is 0. The van der Waals surface area contributed by atoms with Crippen LogP contribution in [0, 0.1) is 0 Å². The topological polar surface area (TPSA) is 49.3 Å². The fourth-order valence-corrected chi connectivity index (χ4v) is 1.62. The molecule has 0 aromatic carbocycles. The van der Waals surface area contributed by atoms with Gasteiger partial charge < -0.3 is 10.4 Å². The molecular formula is C5H9NO2S2. The van der Waals surface area contributed by atoms with E-state index in [0.717, 1.165) is 0 Å². The van der Waals surface area contributed by atoms with Crippen molar-refractivity contribution in [1.29, 1.82) is 0 Å². The molecule has 1 aliphatic rings. The molecule has 0 unspecified atom stereocenters. The molecule has 1 atom stereocenters. The van der Waals surface area contributed by atoms with Crippen molar-refractivity contribution in [3.05, 3.63) is 0 Å².